The van der Waals surface area contributed by atoms with Crippen LogP contribution >= 0.6 is 0 Å². The Bertz CT molecular complexity index is 370. The van der Waals surface area contributed by atoms with Gasteiger partial charge < -0.3 is 5.32 Å². The lowest BCUT2D eigenvalue weighted by Gasteiger charge is -2.29. The molecule has 1 saturated heterocycles. The van der Waals surface area contributed by atoms with Gasteiger partial charge in [0.2, 0.25) is 10.0 Å². The zero-order valence-electron chi connectivity index (χ0n) is 10.4. The molecule has 0 radical (unpaired) electrons. The first-order valence-corrected chi connectivity index (χ1v) is 7.26. The Kier molecular flexibility index (Phi) is 5.33. The molecule has 1 N–H and O–H groups in total. The summed E-state index contributed by atoms with van der Waals surface area (Å²) >= 11 is 0. The lowest BCUT2D eigenvalue weighted by molar-refractivity contribution is 0.229. The van der Waals surface area contributed by atoms with Crippen molar-refractivity contribution in [2.24, 2.45) is 0 Å². The van der Waals surface area contributed by atoms with Crippen molar-refractivity contribution < 1.29 is 8.42 Å². The third kappa shape index (κ3) is 3.92. The van der Waals surface area contributed by atoms with E-state index in [1.807, 2.05) is 0 Å². The van der Waals surface area contributed by atoms with Crippen LogP contribution in [0.15, 0.2) is 0 Å². The second-order valence-corrected chi connectivity index (χ2v) is 6.59. The molecule has 0 saturated carbocycles. The standard InChI is InChI=1S/C10H20N4O2S/c1-10(9-11)17(15,16)13(2)7-8-14-5-3-12-4-6-14/h10,12H,3-8H2,1-2H3. The van der Waals surface area contributed by atoms with E-state index in [0.29, 0.717) is 6.54 Å². The Hall–Kier alpha value is -0.680. The van der Waals surface area contributed by atoms with E-state index in [2.05, 4.69) is 10.2 Å². The van der Waals surface area contributed by atoms with Crippen LogP contribution in [0.2, 0.25) is 0 Å². The molecule has 7 heteroatoms. The lowest BCUT2D eigenvalue weighted by atomic mass is 10.3. The van der Waals surface area contributed by atoms with E-state index in [4.69, 9.17) is 5.26 Å². The average Bonchev–Trinajstić information content (AvgIpc) is 2.35. The third-order valence-corrected chi connectivity index (χ3v) is 5.05. The molecule has 1 heterocycles. The Labute approximate surface area is 103 Å². The predicted molar refractivity (Wildman–Crippen MR) is 65.9 cm³/mol. The molecule has 1 fully saturated rings. The maximum absolute atomic E-state index is 11.8. The van der Waals surface area contributed by atoms with Gasteiger partial charge in [0.25, 0.3) is 0 Å². The molecule has 0 spiro atoms. The van der Waals surface area contributed by atoms with Gasteiger partial charge in [0.1, 0.15) is 0 Å². The summed E-state index contributed by atoms with van der Waals surface area (Å²) in [6, 6.07) is 1.77. The Morgan fingerprint density at radius 3 is 2.59 bits per heavy atom. The number of piperazine rings is 1. The van der Waals surface area contributed by atoms with Gasteiger partial charge in [-0.15, -0.1) is 0 Å². The fraction of sp³-hybridized carbons (Fsp3) is 0.900. The highest BCUT2D eigenvalue weighted by molar-refractivity contribution is 7.89. The lowest BCUT2D eigenvalue weighted by Crippen LogP contribution is -2.47. The number of sulfonamides is 1. The number of rotatable bonds is 5. The maximum Gasteiger partial charge on any atom is 0.229 e. The van der Waals surface area contributed by atoms with Crippen molar-refractivity contribution in [3.8, 4) is 6.07 Å². The molecule has 0 bridgehead atoms. The molecule has 0 aliphatic carbocycles. The molecular formula is C10H20N4O2S. The fourth-order valence-electron chi connectivity index (χ4n) is 1.68. The van der Waals surface area contributed by atoms with Gasteiger partial charge in [-0.05, 0) is 6.92 Å². The Morgan fingerprint density at radius 1 is 1.47 bits per heavy atom. The first-order chi connectivity index (χ1) is 7.98. The van der Waals surface area contributed by atoms with Gasteiger partial charge in [0.15, 0.2) is 5.25 Å². The topological polar surface area (TPSA) is 76.4 Å². The molecule has 0 amide bonds. The molecular weight excluding hydrogens is 240 g/mol. The van der Waals surface area contributed by atoms with Gasteiger partial charge in [0, 0.05) is 46.3 Å². The number of hydrogen-bond acceptors (Lipinski definition) is 5. The number of likely N-dealkylation sites (N-methyl/N-ethyl adjacent to an activating group) is 1. The van der Waals surface area contributed by atoms with Gasteiger partial charge in [-0.25, -0.2) is 12.7 Å². The van der Waals surface area contributed by atoms with Crippen molar-refractivity contribution in [1.82, 2.24) is 14.5 Å². The van der Waals surface area contributed by atoms with Gasteiger partial charge >= 0.3 is 0 Å². The van der Waals surface area contributed by atoms with E-state index in [1.54, 1.807) is 6.07 Å². The van der Waals surface area contributed by atoms with Crippen LogP contribution in [0.3, 0.4) is 0 Å². The quantitative estimate of drug-likeness (QED) is 0.691. The SMILES string of the molecule is CC(C#N)S(=O)(=O)N(C)CCN1CCNCC1. The van der Waals surface area contributed by atoms with E-state index >= 15 is 0 Å². The molecule has 6 nitrogen and oxygen atoms in total. The van der Waals surface area contributed by atoms with Crippen molar-refractivity contribution in [2.75, 3.05) is 46.3 Å². The summed E-state index contributed by atoms with van der Waals surface area (Å²) in [5.41, 5.74) is 0. The zero-order valence-corrected chi connectivity index (χ0v) is 11.2. The molecule has 98 valence electrons. The van der Waals surface area contributed by atoms with Crippen LogP contribution in [0, 0.1) is 11.3 Å². The van der Waals surface area contributed by atoms with E-state index < -0.39 is 15.3 Å². The van der Waals surface area contributed by atoms with Crippen LogP contribution in [-0.4, -0.2) is 69.2 Å². The van der Waals surface area contributed by atoms with Crippen molar-refractivity contribution in [3.05, 3.63) is 0 Å². The van der Waals surface area contributed by atoms with Crippen LogP contribution in [-0.2, 0) is 10.0 Å². The molecule has 1 rings (SSSR count). The van der Waals surface area contributed by atoms with Gasteiger partial charge in [-0.1, -0.05) is 0 Å². The van der Waals surface area contributed by atoms with E-state index in [1.165, 1.54) is 18.3 Å². The van der Waals surface area contributed by atoms with Crippen LogP contribution < -0.4 is 5.32 Å². The molecule has 0 aromatic carbocycles. The second kappa shape index (κ2) is 6.31. The van der Waals surface area contributed by atoms with E-state index in [-0.39, 0.29) is 0 Å². The summed E-state index contributed by atoms with van der Waals surface area (Å²) in [5.74, 6) is 0. The average molecular weight is 260 g/mol. The van der Waals surface area contributed by atoms with Crippen molar-refractivity contribution in [2.45, 2.75) is 12.2 Å². The fourth-order valence-corrected chi connectivity index (χ4v) is 2.69. The summed E-state index contributed by atoms with van der Waals surface area (Å²) in [5, 5.41) is 10.9. The monoisotopic (exact) mass is 260 g/mol. The van der Waals surface area contributed by atoms with Crippen LogP contribution in [0.4, 0.5) is 0 Å². The highest BCUT2D eigenvalue weighted by Gasteiger charge is 2.25. The Morgan fingerprint density at radius 2 is 2.06 bits per heavy atom. The summed E-state index contributed by atoms with van der Waals surface area (Å²) < 4.78 is 24.9. The normalized spacial score (nSPS) is 20.1. The number of nitriles is 1. The minimum atomic E-state index is -3.46. The summed E-state index contributed by atoms with van der Waals surface area (Å²) in [6.45, 7) is 6.36. The van der Waals surface area contributed by atoms with E-state index in [9.17, 15) is 8.42 Å². The first kappa shape index (κ1) is 14.4. The predicted octanol–water partition coefficient (Wildman–Crippen LogP) is -0.935. The summed E-state index contributed by atoms with van der Waals surface area (Å²) in [4.78, 5) is 2.22. The summed E-state index contributed by atoms with van der Waals surface area (Å²) in [7, 11) is -1.93. The van der Waals surface area contributed by atoms with Gasteiger partial charge in [-0.3, -0.25) is 4.90 Å². The molecule has 0 aromatic heterocycles. The van der Waals surface area contributed by atoms with Crippen LogP contribution in [0.1, 0.15) is 6.92 Å². The highest BCUT2D eigenvalue weighted by atomic mass is 32.2. The minimum Gasteiger partial charge on any atom is -0.314 e. The molecule has 1 atom stereocenters. The first-order valence-electron chi connectivity index (χ1n) is 5.76. The number of nitrogens with zero attached hydrogens (tertiary/aromatic N) is 3. The van der Waals surface area contributed by atoms with E-state index in [0.717, 1.165) is 32.7 Å². The van der Waals surface area contributed by atoms with Crippen LogP contribution in [0.5, 0.6) is 0 Å². The Balaban J connectivity index is 2.43. The summed E-state index contributed by atoms with van der Waals surface area (Å²) in [6.07, 6.45) is 0. The molecule has 1 aliphatic heterocycles. The van der Waals surface area contributed by atoms with Crippen molar-refractivity contribution >= 4 is 10.0 Å². The van der Waals surface area contributed by atoms with Gasteiger partial charge in [-0.2, -0.15) is 5.26 Å². The maximum atomic E-state index is 11.8. The molecule has 1 unspecified atom stereocenters. The van der Waals surface area contributed by atoms with Crippen LogP contribution in [0.25, 0.3) is 0 Å². The third-order valence-electron chi connectivity index (χ3n) is 3.00. The molecule has 17 heavy (non-hydrogen) atoms. The zero-order chi connectivity index (χ0) is 12.9. The second-order valence-electron chi connectivity index (χ2n) is 4.23. The van der Waals surface area contributed by atoms with Gasteiger partial charge in [0.05, 0.1) is 6.07 Å². The smallest absolute Gasteiger partial charge is 0.229 e. The van der Waals surface area contributed by atoms with Crippen molar-refractivity contribution in [3.63, 3.8) is 0 Å². The van der Waals surface area contributed by atoms with Crippen molar-refractivity contribution in [1.29, 1.82) is 5.26 Å². The number of hydrogen-bond donors (Lipinski definition) is 1. The largest absolute Gasteiger partial charge is 0.314 e. The highest BCUT2D eigenvalue weighted by Crippen LogP contribution is 2.06. The molecule has 0 aromatic rings. The molecule has 1 aliphatic rings. The minimum absolute atomic E-state index is 0.439. The number of nitrogens with one attached hydrogen (secondary N) is 1.